The maximum absolute atomic E-state index is 11.9. The third-order valence-electron chi connectivity index (χ3n) is 3.73. The molecule has 1 atom stereocenters. The molecule has 0 spiro atoms. The zero-order valence-electron chi connectivity index (χ0n) is 13.1. The van der Waals surface area contributed by atoms with Crippen LogP contribution in [0.5, 0.6) is 5.75 Å². The van der Waals surface area contributed by atoms with Crippen molar-refractivity contribution in [2.45, 2.75) is 44.8 Å². The van der Waals surface area contributed by atoms with E-state index in [1.54, 1.807) is 24.3 Å². The third-order valence-corrected chi connectivity index (χ3v) is 3.73. The molecule has 1 aliphatic carbocycles. The first-order valence-electron chi connectivity index (χ1n) is 7.72. The van der Waals surface area contributed by atoms with Crippen molar-refractivity contribution >= 4 is 11.9 Å². The number of esters is 1. The topological polar surface area (TPSA) is 88.4 Å². The van der Waals surface area contributed by atoms with Crippen LogP contribution in [0, 0.1) is 11.3 Å². The number of carbonyl (C=O) groups is 2. The van der Waals surface area contributed by atoms with Crippen LogP contribution in [0.3, 0.4) is 0 Å². The minimum Gasteiger partial charge on any atom is -0.481 e. The second-order valence-electron chi connectivity index (χ2n) is 5.52. The fraction of sp³-hybridized carbons (Fsp3) is 0.471. The molecule has 1 saturated carbocycles. The Balaban J connectivity index is 1.77. The standard InChI is InChI=1S/C17H20N2O4/c1-12(17(21)19-14-7-3-4-8-14)23-16(20)11-22-15-9-5-2-6-13(15)10-18/h2,5-6,9,12,14H,3-4,7-8,11H2,1H3,(H,19,21)/t12-/m0/s1. The highest BCUT2D eigenvalue weighted by Crippen LogP contribution is 2.18. The lowest BCUT2D eigenvalue weighted by molar-refractivity contribution is -0.156. The summed E-state index contributed by atoms with van der Waals surface area (Å²) in [5.41, 5.74) is 0.340. The number of hydrogen-bond acceptors (Lipinski definition) is 5. The summed E-state index contributed by atoms with van der Waals surface area (Å²) in [7, 11) is 0. The minimum absolute atomic E-state index is 0.183. The first kappa shape index (κ1) is 16.8. The number of hydrogen-bond donors (Lipinski definition) is 1. The van der Waals surface area contributed by atoms with E-state index in [0.717, 1.165) is 25.7 Å². The van der Waals surface area contributed by atoms with Crippen LogP contribution in [0.2, 0.25) is 0 Å². The fourth-order valence-corrected chi connectivity index (χ4v) is 2.49. The highest BCUT2D eigenvalue weighted by molar-refractivity contribution is 5.83. The molecule has 0 saturated heterocycles. The number of carbonyl (C=O) groups excluding carboxylic acids is 2. The molecule has 1 aromatic rings. The van der Waals surface area contributed by atoms with E-state index in [4.69, 9.17) is 14.7 Å². The maximum Gasteiger partial charge on any atom is 0.344 e. The molecule has 1 aliphatic rings. The number of amides is 1. The van der Waals surface area contributed by atoms with Gasteiger partial charge in [-0.05, 0) is 31.9 Å². The molecule has 23 heavy (non-hydrogen) atoms. The quantitative estimate of drug-likeness (QED) is 0.810. The van der Waals surface area contributed by atoms with Crippen molar-refractivity contribution in [2.75, 3.05) is 6.61 Å². The fourth-order valence-electron chi connectivity index (χ4n) is 2.49. The van der Waals surface area contributed by atoms with Crippen LogP contribution in [0.15, 0.2) is 24.3 Å². The lowest BCUT2D eigenvalue weighted by Crippen LogP contribution is -2.41. The first-order chi connectivity index (χ1) is 11.1. The van der Waals surface area contributed by atoms with Gasteiger partial charge in [-0.15, -0.1) is 0 Å². The molecule has 0 unspecified atom stereocenters. The maximum atomic E-state index is 11.9. The van der Waals surface area contributed by atoms with Gasteiger partial charge in [-0.25, -0.2) is 4.79 Å². The second kappa shape index (κ2) is 8.18. The van der Waals surface area contributed by atoms with E-state index >= 15 is 0 Å². The molecular weight excluding hydrogens is 296 g/mol. The molecule has 0 radical (unpaired) electrons. The van der Waals surface area contributed by atoms with Gasteiger partial charge < -0.3 is 14.8 Å². The van der Waals surface area contributed by atoms with Crippen LogP contribution >= 0.6 is 0 Å². The van der Waals surface area contributed by atoms with E-state index in [2.05, 4.69) is 5.32 Å². The van der Waals surface area contributed by atoms with Gasteiger partial charge in [0.15, 0.2) is 12.7 Å². The van der Waals surface area contributed by atoms with Gasteiger partial charge in [-0.3, -0.25) is 4.79 Å². The van der Waals surface area contributed by atoms with Crippen molar-refractivity contribution in [3.05, 3.63) is 29.8 Å². The summed E-state index contributed by atoms with van der Waals surface area (Å²) >= 11 is 0. The van der Waals surface area contributed by atoms with Gasteiger partial charge in [0, 0.05) is 6.04 Å². The normalized spacial score (nSPS) is 15.5. The molecule has 1 N–H and O–H groups in total. The molecule has 122 valence electrons. The third kappa shape index (κ3) is 4.99. The zero-order chi connectivity index (χ0) is 16.7. The van der Waals surface area contributed by atoms with E-state index in [0.29, 0.717) is 11.3 Å². The predicted octanol–water partition coefficient (Wildman–Crippen LogP) is 1.93. The summed E-state index contributed by atoms with van der Waals surface area (Å²) in [6.45, 7) is 1.19. The SMILES string of the molecule is C[C@H](OC(=O)COc1ccccc1C#N)C(=O)NC1CCCC1. The Hall–Kier alpha value is -2.55. The first-order valence-corrected chi connectivity index (χ1v) is 7.72. The lowest BCUT2D eigenvalue weighted by atomic mass is 10.2. The number of nitrogens with zero attached hydrogens (tertiary/aromatic N) is 1. The molecule has 1 aromatic carbocycles. The summed E-state index contributed by atoms with van der Waals surface area (Å²) in [5.74, 6) is -0.621. The summed E-state index contributed by atoms with van der Waals surface area (Å²) in [4.78, 5) is 23.7. The average Bonchev–Trinajstić information content (AvgIpc) is 3.06. The van der Waals surface area contributed by atoms with Gasteiger partial charge in [0.05, 0.1) is 5.56 Å². The Morgan fingerprint density at radius 1 is 1.35 bits per heavy atom. The molecule has 1 amide bonds. The van der Waals surface area contributed by atoms with Gasteiger partial charge in [0.1, 0.15) is 11.8 Å². The number of ether oxygens (including phenoxy) is 2. The van der Waals surface area contributed by atoms with Gasteiger partial charge in [-0.1, -0.05) is 25.0 Å². The van der Waals surface area contributed by atoms with Crippen LogP contribution in [-0.4, -0.2) is 30.6 Å². The zero-order valence-corrected chi connectivity index (χ0v) is 13.1. The van der Waals surface area contributed by atoms with E-state index in [1.807, 2.05) is 6.07 Å². The van der Waals surface area contributed by atoms with Crippen LogP contribution in [0.4, 0.5) is 0 Å². The molecule has 0 bridgehead atoms. The molecular formula is C17H20N2O4. The van der Waals surface area contributed by atoms with Crippen molar-refractivity contribution in [1.29, 1.82) is 5.26 Å². The van der Waals surface area contributed by atoms with E-state index in [9.17, 15) is 9.59 Å². The molecule has 0 aromatic heterocycles. The van der Waals surface area contributed by atoms with Gasteiger partial charge in [0.2, 0.25) is 0 Å². The Labute approximate surface area is 135 Å². The average molecular weight is 316 g/mol. The number of rotatable bonds is 6. The minimum atomic E-state index is -0.863. The van der Waals surface area contributed by atoms with Crippen molar-refractivity contribution in [3.63, 3.8) is 0 Å². The van der Waals surface area contributed by atoms with Crippen LogP contribution in [-0.2, 0) is 14.3 Å². The van der Waals surface area contributed by atoms with Crippen LogP contribution in [0.25, 0.3) is 0 Å². The van der Waals surface area contributed by atoms with E-state index in [-0.39, 0.29) is 18.6 Å². The summed E-state index contributed by atoms with van der Waals surface area (Å²) in [6, 6.07) is 8.77. The molecule has 1 fully saturated rings. The number of nitrogens with one attached hydrogen (secondary N) is 1. The van der Waals surface area contributed by atoms with Crippen LogP contribution < -0.4 is 10.1 Å². The van der Waals surface area contributed by atoms with Crippen molar-refractivity contribution in [1.82, 2.24) is 5.32 Å². The van der Waals surface area contributed by atoms with Crippen molar-refractivity contribution in [2.24, 2.45) is 0 Å². The Morgan fingerprint density at radius 2 is 2.04 bits per heavy atom. The van der Waals surface area contributed by atoms with E-state index in [1.165, 1.54) is 6.92 Å². The van der Waals surface area contributed by atoms with Gasteiger partial charge in [0.25, 0.3) is 5.91 Å². The second-order valence-corrected chi connectivity index (χ2v) is 5.52. The molecule has 6 nitrogen and oxygen atoms in total. The lowest BCUT2D eigenvalue weighted by Gasteiger charge is -2.17. The molecule has 6 heteroatoms. The van der Waals surface area contributed by atoms with Crippen molar-refractivity contribution < 1.29 is 19.1 Å². The smallest absolute Gasteiger partial charge is 0.344 e. The molecule has 0 heterocycles. The van der Waals surface area contributed by atoms with Crippen LogP contribution in [0.1, 0.15) is 38.2 Å². The molecule has 0 aliphatic heterocycles. The van der Waals surface area contributed by atoms with E-state index < -0.39 is 12.1 Å². The monoisotopic (exact) mass is 316 g/mol. The predicted molar refractivity (Wildman–Crippen MR) is 82.6 cm³/mol. The summed E-state index contributed by atoms with van der Waals surface area (Å²) < 4.78 is 10.3. The largest absolute Gasteiger partial charge is 0.481 e. The van der Waals surface area contributed by atoms with Gasteiger partial charge >= 0.3 is 5.97 Å². The highest BCUT2D eigenvalue weighted by atomic mass is 16.6. The number of nitriles is 1. The summed E-state index contributed by atoms with van der Waals surface area (Å²) in [6.07, 6.45) is 3.31. The molecule has 2 rings (SSSR count). The van der Waals surface area contributed by atoms with Crippen molar-refractivity contribution in [3.8, 4) is 11.8 Å². The van der Waals surface area contributed by atoms with Gasteiger partial charge in [-0.2, -0.15) is 5.26 Å². The Morgan fingerprint density at radius 3 is 2.74 bits per heavy atom. The number of benzene rings is 1. The highest BCUT2D eigenvalue weighted by Gasteiger charge is 2.23. The Bertz CT molecular complexity index is 603. The summed E-state index contributed by atoms with van der Waals surface area (Å²) in [5, 5.41) is 11.8. The Kier molecular flexibility index (Phi) is 5.98. The number of para-hydroxylation sites is 1.